The number of ketones is 2. The highest BCUT2D eigenvalue weighted by Crippen LogP contribution is 2.34. The summed E-state index contributed by atoms with van der Waals surface area (Å²) in [6.45, 7) is 30.5. The summed E-state index contributed by atoms with van der Waals surface area (Å²) in [5, 5.41) is 0. The maximum absolute atomic E-state index is 12.4. The molecular weight excluding hydrogens is 540 g/mol. The van der Waals surface area contributed by atoms with E-state index >= 15 is 0 Å². The van der Waals surface area contributed by atoms with Crippen molar-refractivity contribution in [1.29, 1.82) is 0 Å². The van der Waals surface area contributed by atoms with E-state index in [-0.39, 0.29) is 30.2 Å². The third-order valence-corrected chi connectivity index (χ3v) is 7.37. The molecule has 0 radical (unpaired) electrons. The summed E-state index contributed by atoms with van der Waals surface area (Å²) in [6.07, 6.45) is 0. The molecule has 0 fully saturated rings. The molecule has 0 saturated carbocycles. The summed E-state index contributed by atoms with van der Waals surface area (Å²) < 4.78 is 24.3. The molecule has 0 saturated heterocycles. The highest BCUT2D eigenvalue weighted by atomic mass is 16.6. The SMILES string of the molecule is C=C(C)C(=O)C(C)(C)OCC(C)(C)Oc1ccc(C(C)(C)c2ccc(OC(C)(C)COC(C)(C)C(=O)C(=C)C)cc2)cc1. The third kappa shape index (κ3) is 9.90. The van der Waals surface area contributed by atoms with E-state index in [0.29, 0.717) is 11.1 Å². The highest BCUT2D eigenvalue weighted by Gasteiger charge is 2.34. The first-order chi connectivity index (χ1) is 19.5. The Hall–Kier alpha value is -3.22. The summed E-state index contributed by atoms with van der Waals surface area (Å²) >= 11 is 0. The number of hydrogen-bond donors (Lipinski definition) is 0. The molecule has 236 valence electrons. The van der Waals surface area contributed by atoms with Gasteiger partial charge in [-0.15, -0.1) is 0 Å². The molecule has 0 unspecified atom stereocenters. The number of benzene rings is 2. The van der Waals surface area contributed by atoms with Crippen LogP contribution in [0.1, 0.15) is 94.2 Å². The minimum absolute atomic E-state index is 0.122. The van der Waals surface area contributed by atoms with Crippen LogP contribution in [-0.4, -0.2) is 47.2 Å². The molecule has 6 nitrogen and oxygen atoms in total. The molecule has 0 heterocycles. The van der Waals surface area contributed by atoms with Crippen molar-refractivity contribution in [2.75, 3.05) is 13.2 Å². The molecule has 2 rings (SSSR count). The van der Waals surface area contributed by atoms with Gasteiger partial charge in [0.15, 0.2) is 11.6 Å². The van der Waals surface area contributed by atoms with Crippen LogP contribution in [0, 0.1) is 0 Å². The zero-order chi connectivity index (χ0) is 33.0. The van der Waals surface area contributed by atoms with Gasteiger partial charge in [-0.25, -0.2) is 0 Å². The first kappa shape index (κ1) is 36.0. The molecule has 0 aliphatic carbocycles. The standard InChI is InChI=1S/C37H52O6/c1-25(2)31(38)36(11,12)40-23-33(5,6)42-29-19-15-27(16-20-29)35(9,10)28-17-21-30(22-18-28)43-34(7,8)24-41-37(13,14)32(39)26(3)4/h15-22H,1,3,23-24H2,2,4-14H3. The average Bonchev–Trinajstić information content (AvgIpc) is 2.90. The molecular formula is C37H52O6. The predicted octanol–water partition coefficient (Wildman–Crippen LogP) is 8.21. The number of rotatable bonds is 16. The van der Waals surface area contributed by atoms with Gasteiger partial charge in [-0.05, 0) is 116 Å². The van der Waals surface area contributed by atoms with E-state index in [4.69, 9.17) is 18.9 Å². The molecule has 6 heteroatoms. The van der Waals surface area contributed by atoms with E-state index in [9.17, 15) is 9.59 Å². The summed E-state index contributed by atoms with van der Waals surface area (Å²) in [6, 6.07) is 16.1. The van der Waals surface area contributed by atoms with E-state index in [1.165, 1.54) is 0 Å². The predicted molar refractivity (Wildman–Crippen MR) is 174 cm³/mol. The molecule has 0 amide bonds. The lowest BCUT2D eigenvalue weighted by atomic mass is 9.78. The second-order valence-electron chi connectivity index (χ2n) is 14.2. The Balaban J connectivity index is 2.06. The molecule has 0 aliphatic heterocycles. The maximum atomic E-state index is 12.4. The molecule has 2 aromatic carbocycles. The van der Waals surface area contributed by atoms with Crippen LogP contribution in [0.4, 0.5) is 0 Å². The van der Waals surface area contributed by atoms with Gasteiger partial charge in [-0.3, -0.25) is 9.59 Å². The van der Waals surface area contributed by atoms with Gasteiger partial charge in [-0.2, -0.15) is 0 Å². The van der Waals surface area contributed by atoms with Crippen molar-refractivity contribution in [1.82, 2.24) is 0 Å². The Morgan fingerprint density at radius 2 is 0.837 bits per heavy atom. The quantitative estimate of drug-likeness (QED) is 0.183. The van der Waals surface area contributed by atoms with Crippen molar-refractivity contribution in [2.24, 2.45) is 0 Å². The van der Waals surface area contributed by atoms with Crippen LogP contribution in [0.5, 0.6) is 11.5 Å². The van der Waals surface area contributed by atoms with Gasteiger partial charge >= 0.3 is 0 Å². The van der Waals surface area contributed by atoms with Crippen molar-refractivity contribution in [2.45, 2.75) is 111 Å². The van der Waals surface area contributed by atoms with Crippen molar-refractivity contribution < 1.29 is 28.5 Å². The van der Waals surface area contributed by atoms with Crippen molar-refractivity contribution in [3.8, 4) is 11.5 Å². The molecule has 0 aliphatic rings. The van der Waals surface area contributed by atoms with Crippen molar-refractivity contribution >= 4 is 11.6 Å². The fourth-order valence-electron chi connectivity index (χ4n) is 4.61. The molecule has 0 spiro atoms. The Kier molecular flexibility index (Phi) is 11.0. The molecule has 2 aromatic rings. The summed E-state index contributed by atoms with van der Waals surface area (Å²) in [4.78, 5) is 24.8. The molecule has 0 aromatic heterocycles. The van der Waals surface area contributed by atoms with Gasteiger partial charge < -0.3 is 18.9 Å². The van der Waals surface area contributed by atoms with E-state index < -0.39 is 22.4 Å². The van der Waals surface area contributed by atoms with E-state index in [1.807, 2.05) is 52.0 Å². The van der Waals surface area contributed by atoms with Crippen LogP contribution >= 0.6 is 0 Å². The monoisotopic (exact) mass is 592 g/mol. The summed E-state index contributed by atoms with van der Waals surface area (Å²) in [7, 11) is 0. The summed E-state index contributed by atoms with van der Waals surface area (Å²) in [5.74, 6) is 1.20. The Morgan fingerprint density at radius 3 is 1.09 bits per heavy atom. The largest absolute Gasteiger partial charge is 0.485 e. The topological polar surface area (TPSA) is 71.1 Å². The van der Waals surface area contributed by atoms with Gasteiger partial charge in [-0.1, -0.05) is 51.3 Å². The zero-order valence-electron chi connectivity index (χ0n) is 28.4. The number of hydrogen-bond acceptors (Lipinski definition) is 6. The van der Waals surface area contributed by atoms with E-state index in [1.54, 1.807) is 41.5 Å². The number of Topliss-reactive ketones (excluding diaryl/α,β-unsaturated/α-hetero) is 2. The van der Waals surface area contributed by atoms with Crippen molar-refractivity contribution in [3.05, 3.63) is 84.0 Å². The van der Waals surface area contributed by atoms with Crippen LogP contribution in [0.2, 0.25) is 0 Å². The highest BCUT2D eigenvalue weighted by molar-refractivity contribution is 6.00. The van der Waals surface area contributed by atoms with Gasteiger partial charge in [0, 0.05) is 5.41 Å². The minimum Gasteiger partial charge on any atom is -0.485 e. The van der Waals surface area contributed by atoms with Gasteiger partial charge in [0.25, 0.3) is 0 Å². The Bertz CT molecular complexity index is 1210. The van der Waals surface area contributed by atoms with Crippen molar-refractivity contribution in [3.63, 3.8) is 0 Å². The molecule has 43 heavy (non-hydrogen) atoms. The smallest absolute Gasteiger partial charge is 0.189 e. The lowest BCUT2D eigenvalue weighted by Gasteiger charge is -2.32. The lowest BCUT2D eigenvalue weighted by Crippen LogP contribution is -2.42. The average molecular weight is 593 g/mol. The van der Waals surface area contributed by atoms with Crippen LogP contribution in [0.15, 0.2) is 72.8 Å². The Labute approximate surface area is 259 Å². The lowest BCUT2D eigenvalue weighted by molar-refractivity contribution is -0.143. The Morgan fingerprint density at radius 1 is 0.558 bits per heavy atom. The zero-order valence-corrected chi connectivity index (χ0v) is 28.4. The first-order valence-corrected chi connectivity index (χ1v) is 14.8. The van der Waals surface area contributed by atoms with Crippen LogP contribution in [0.25, 0.3) is 0 Å². The fourth-order valence-corrected chi connectivity index (χ4v) is 4.61. The summed E-state index contributed by atoms with van der Waals surface area (Å²) in [5.41, 5.74) is -0.288. The van der Waals surface area contributed by atoms with Crippen LogP contribution in [0.3, 0.4) is 0 Å². The second kappa shape index (κ2) is 13.2. The van der Waals surface area contributed by atoms with Crippen LogP contribution < -0.4 is 9.47 Å². The van der Waals surface area contributed by atoms with E-state index in [2.05, 4.69) is 51.3 Å². The maximum Gasteiger partial charge on any atom is 0.189 e. The second-order valence-corrected chi connectivity index (χ2v) is 14.2. The van der Waals surface area contributed by atoms with Gasteiger partial charge in [0.1, 0.15) is 33.9 Å². The number of carbonyl (C=O) groups is 2. The third-order valence-electron chi connectivity index (χ3n) is 7.37. The minimum atomic E-state index is -0.966. The van der Waals surface area contributed by atoms with Gasteiger partial charge in [0.05, 0.1) is 13.2 Å². The van der Waals surface area contributed by atoms with Crippen LogP contribution in [-0.2, 0) is 24.5 Å². The van der Waals surface area contributed by atoms with Gasteiger partial charge in [0.2, 0.25) is 0 Å². The number of ether oxygens (including phenoxy) is 4. The van der Waals surface area contributed by atoms with E-state index in [0.717, 1.165) is 22.6 Å². The molecule has 0 N–H and O–H groups in total. The molecule has 0 atom stereocenters. The first-order valence-electron chi connectivity index (χ1n) is 14.8. The fraction of sp³-hybridized carbons (Fsp3) is 0.514. The molecule has 0 bridgehead atoms. The normalized spacial score (nSPS) is 12.9. The number of carbonyl (C=O) groups excluding carboxylic acids is 2.